The smallest absolute Gasteiger partial charge is 0.0184 e. The summed E-state index contributed by atoms with van der Waals surface area (Å²) in [5, 5.41) is 3.93. The van der Waals surface area contributed by atoms with Crippen LogP contribution in [0, 0.1) is 23.2 Å². The van der Waals surface area contributed by atoms with Crippen molar-refractivity contribution >= 4 is 0 Å². The van der Waals surface area contributed by atoms with E-state index in [-0.39, 0.29) is 0 Å². The zero-order valence-corrected chi connectivity index (χ0v) is 16.5. The molecule has 0 spiro atoms. The van der Waals surface area contributed by atoms with E-state index >= 15 is 0 Å². The molecule has 2 nitrogen and oxygen atoms in total. The van der Waals surface area contributed by atoms with Gasteiger partial charge in [0.15, 0.2) is 0 Å². The maximum atomic E-state index is 3.93. The summed E-state index contributed by atoms with van der Waals surface area (Å²) in [4.78, 5) is 2.81. The van der Waals surface area contributed by atoms with Crippen molar-refractivity contribution in [3.05, 3.63) is 11.6 Å². The highest BCUT2D eigenvalue weighted by Gasteiger charge is 2.55. The molecule has 3 aliphatic carbocycles. The van der Waals surface area contributed by atoms with E-state index in [1.165, 1.54) is 83.8 Å². The molecule has 0 radical (unpaired) electrons. The first-order valence-corrected chi connectivity index (χ1v) is 11.3. The van der Waals surface area contributed by atoms with Crippen LogP contribution in [-0.2, 0) is 0 Å². The van der Waals surface area contributed by atoms with Gasteiger partial charge in [-0.05, 0) is 114 Å². The van der Waals surface area contributed by atoms with Crippen LogP contribution in [0.2, 0.25) is 0 Å². The molecule has 5 aliphatic rings. The number of allylic oxidation sites excluding steroid dienone is 1. The van der Waals surface area contributed by atoms with Gasteiger partial charge in [-0.15, -0.1) is 0 Å². The number of piperidine rings is 1. The van der Waals surface area contributed by atoms with E-state index in [9.17, 15) is 0 Å². The minimum absolute atomic E-state index is 0.438. The van der Waals surface area contributed by atoms with Gasteiger partial charge in [-0.25, -0.2) is 0 Å². The number of rotatable bonds is 1. The summed E-state index contributed by atoms with van der Waals surface area (Å²) < 4.78 is 0. The Balaban J connectivity index is 1.39. The Morgan fingerprint density at radius 1 is 1.00 bits per heavy atom. The second-order valence-corrected chi connectivity index (χ2v) is 10.4. The van der Waals surface area contributed by atoms with Gasteiger partial charge < -0.3 is 10.2 Å². The lowest BCUT2D eigenvalue weighted by atomic mass is 9.48. The minimum Gasteiger partial charge on any atom is -0.311 e. The summed E-state index contributed by atoms with van der Waals surface area (Å²) in [7, 11) is 0. The molecule has 0 aromatic heterocycles. The van der Waals surface area contributed by atoms with Crippen LogP contribution < -0.4 is 5.32 Å². The van der Waals surface area contributed by atoms with Crippen molar-refractivity contribution in [1.29, 1.82) is 0 Å². The van der Waals surface area contributed by atoms with Gasteiger partial charge in [0.25, 0.3) is 0 Å². The fourth-order valence-electron chi connectivity index (χ4n) is 7.83. The summed E-state index contributed by atoms with van der Waals surface area (Å²) in [5.74, 6) is 2.83. The first-order chi connectivity index (χ1) is 12.1. The lowest BCUT2D eigenvalue weighted by molar-refractivity contribution is -0.0381. The monoisotopic (exact) mass is 342 g/mol. The number of hydrogen-bond acceptors (Lipinski definition) is 2. The maximum Gasteiger partial charge on any atom is 0.0184 e. The number of fused-ring (bicyclic) bond motifs is 5. The Hall–Kier alpha value is -0.340. The number of nitrogens with one attached hydrogen (secondary N) is 1. The van der Waals surface area contributed by atoms with E-state index in [4.69, 9.17) is 0 Å². The van der Waals surface area contributed by atoms with Gasteiger partial charge in [0.2, 0.25) is 0 Å². The average Bonchev–Trinajstić information content (AvgIpc) is 3.15. The SMILES string of the molecule is CC12CCC3C(CC=C4CC(N5CCCC5)CCC43C)C1CCCN2. The molecule has 2 heteroatoms. The molecule has 2 saturated carbocycles. The van der Waals surface area contributed by atoms with E-state index in [0.717, 1.165) is 23.8 Å². The third-order valence-corrected chi connectivity index (χ3v) is 9.35. The van der Waals surface area contributed by atoms with Crippen molar-refractivity contribution in [2.45, 2.75) is 89.6 Å². The van der Waals surface area contributed by atoms with Gasteiger partial charge in [0.1, 0.15) is 0 Å². The van der Waals surface area contributed by atoms with E-state index in [1.54, 1.807) is 0 Å². The van der Waals surface area contributed by atoms with E-state index in [1.807, 2.05) is 5.57 Å². The normalized spacial score (nSPS) is 50.6. The molecule has 0 amide bonds. The van der Waals surface area contributed by atoms with E-state index in [0.29, 0.717) is 11.0 Å². The lowest BCUT2D eigenvalue weighted by Crippen LogP contribution is -2.61. The van der Waals surface area contributed by atoms with Crippen LogP contribution in [0.3, 0.4) is 0 Å². The molecule has 6 atom stereocenters. The first kappa shape index (κ1) is 16.8. The molecule has 4 fully saturated rings. The standard InChI is InChI=1S/C23H38N2/c1-22-11-9-18(25-14-3-4-15-25)16-17(22)7-8-19-20(22)10-12-23(2)21(19)6-5-13-24-23/h7,18-21,24H,3-6,8-16H2,1-2H3. The molecule has 2 saturated heterocycles. The van der Waals surface area contributed by atoms with Crippen LogP contribution >= 0.6 is 0 Å². The van der Waals surface area contributed by atoms with Crippen LogP contribution in [0.4, 0.5) is 0 Å². The molecule has 1 N–H and O–H groups in total. The first-order valence-electron chi connectivity index (χ1n) is 11.3. The van der Waals surface area contributed by atoms with Crippen LogP contribution in [0.25, 0.3) is 0 Å². The molecule has 2 aliphatic heterocycles. The summed E-state index contributed by atoms with van der Waals surface area (Å²) in [6, 6.07) is 0.864. The summed E-state index contributed by atoms with van der Waals surface area (Å²) in [6.45, 7) is 9.19. The fraction of sp³-hybridized carbons (Fsp3) is 0.913. The van der Waals surface area contributed by atoms with E-state index in [2.05, 4.69) is 30.1 Å². The van der Waals surface area contributed by atoms with Gasteiger partial charge >= 0.3 is 0 Å². The second kappa shape index (κ2) is 6.09. The quantitative estimate of drug-likeness (QED) is 0.691. The predicted molar refractivity (Wildman–Crippen MR) is 105 cm³/mol. The number of likely N-dealkylation sites (tertiary alicyclic amines) is 1. The molecule has 140 valence electrons. The molecular formula is C23H38N2. The van der Waals surface area contributed by atoms with Crippen molar-refractivity contribution in [2.75, 3.05) is 19.6 Å². The van der Waals surface area contributed by atoms with Gasteiger partial charge in [0.05, 0.1) is 0 Å². The van der Waals surface area contributed by atoms with E-state index < -0.39 is 0 Å². The Morgan fingerprint density at radius 3 is 2.68 bits per heavy atom. The van der Waals surface area contributed by atoms with Crippen LogP contribution in [-0.4, -0.2) is 36.1 Å². The van der Waals surface area contributed by atoms with Gasteiger partial charge in [-0.3, -0.25) is 0 Å². The van der Waals surface area contributed by atoms with Gasteiger partial charge in [-0.1, -0.05) is 18.6 Å². The second-order valence-electron chi connectivity index (χ2n) is 10.4. The molecule has 6 unspecified atom stereocenters. The number of nitrogens with zero attached hydrogens (tertiary/aromatic N) is 1. The summed E-state index contributed by atoms with van der Waals surface area (Å²) in [6.07, 6.45) is 17.0. The Morgan fingerprint density at radius 2 is 1.84 bits per heavy atom. The van der Waals surface area contributed by atoms with Crippen LogP contribution in [0.1, 0.15) is 78.1 Å². The third-order valence-electron chi connectivity index (χ3n) is 9.35. The fourth-order valence-corrected chi connectivity index (χ4v) is 7.83. The molecule has 0 aromatic carbocycles. The molecule has 2 heterocycles. The molecule has 0 aromatic rings. The Kier molecular flexibility index (Phi) is 4.09. The van der Waals surface area contributed by atoms with Crippen molar-refractivity contribution < 1.29 is 0 Å². The molecule has 25 heavy (non-hydrogen) atoms. The van der Waals surface area contributed by atoms with Crippen molar-refractivity contribution in [3.8, 4) is 0 Å². The van der Waals surface area contributed by atoms with Gasteiger partial charge in [0, 0.05) is 11.6 Å². The highest BCUT2D eigenvalue weighted by Crippen LogP contribution is 2.60. The van der Waals surface area contributed by atoms with Gasteiger partial charge in [-0.2, -0.15) is 0 Å². The Labute approximate surface area is 154 Å². The maximum absolute atomic E-state index is 3.93. The Bertz CT molecular complexity index is 548. The summed E-state index contributed by atoms with van der Waals surface area (Å²) >= 11 is 0. The van der Waals surface area contributed by atoms with Crippen molar-refractivity contribution in [2.24, 2.45) is 23.2 Å². The topological polar surface area (TPSA) is 15.3 Å². The highest BCUT2D eigenvalue weighted by atomic mass is 15.2. The summed E-state index contributed by atoms with van der Waals surface area (Å²) in [5.41, 5.74) is 2.83. The van der Waals surface area contributed by atoms with Crippen molar-refractivity contribution in [3.63, 3.8) is 0 Å². The van der Waals surface area contributed by atoms with Crippen molar-refractivity contribution in [1.82, 2.24) is 10.2 Å². The third kappa shape index (κ3) is 2.57. The molecule has 5 rings (SSSR count). The minimum atomic E-state index is 0.438. The lowest BCUT2D eigenvalue weighted by Gasteiger charge is -2.60. The zero-order valence-electron chi connectivity index (χ0n) is 16.5. The number of hydrogen-bond donors (Lipinski definition) is 1. The predicted octanol–water partition coefficient (Wildman–Crippen LogP) is 4.76. The molecular weight excluding hydrogens is 304 g/mol. The highest BCUT2D eigenvalue weighted by molar-refractivity contribution is 5.26. The van der Waals surface area contributed by atoms with Crippen LogP contribution in [0.15, 0.2) is 11.6 Å². The van der Waals surface area contributed by atoms with Crippen LogP contribution in [0.5, 0.6) is 0 Å². The molecule has 0 bridgehead atoms. The zero-order chi connectivity index (χ0) is 17.1. The largest absolute Gasteiger partial charge is 0.311 e. The average molecular weight is 343 g/mol.